The third-order valence-corrected chi connectivity index (χ3v) is 17.8. The van der Waals surface area contributed by atoms with E-state index in [4.69, 9.17) is 4.42 Å². The number of rotatable bonds is 5. The number of nitriles is 1. The number of hydrogen-bond acceptors (Lipinski definition) is 4. The summed E-state index contributed by atoms with van der Waals surface area (Å²) in [6, 6.07) is 79.6. The Balaban J connectivity index is 1.15. The zero-order valence-corrected chi connectivity index (χ0v) is 41.4. The summed E-state index contributed by atoms with van der Waals surface area (Å²) in [7, 11) is 0. The van der Waals surface area contributed by atoms with E-state index in [0.29, 0.717) is 22.5 Å². The zero-order chi connectivity index (χ0) is 49.5. The largest absolute Gasteiger partial charge is 0.456 e. The molecule has 0 fully saturated rings. The van der Waals surface area contributed by atoms with Crippen LogP contribution in [0.15, 0.2) is 223 Å². The molecule has 11 aromatic carbocycles. The molecular formula is C68H36N4OS2. The molecule has 0 unspecified atom stereocenters. The van der Waals surface area contributed by atoms with Crippen LogP contribution in [0.1, 0.15) is 5.56 Å². The molecule has 16 rings (SSSR count). The Morgan fingerprint density at radius 1 is 0.427 bits per heavy atom. The summed E-state index contributed by atoms with van der Waals surface area (Å²) in [5, 5.41) is 23.4. The van der Waals surface area contributed by atoms with Gasteiger partial charge in [-0.2, -0.15) is 5.26 Å². The summed E-state index contributed by atoms with van der Waals surface area (Å²) in [6.07, 6.45) is 0. The van der Waals surface area contributed by atoms with Crippen molar-refractivity contribution >= 4 is 134 Å². The second kappa shape index (κ2) is 15.9. The van der Waals surface area contributed by atoms with Crippen LogP contribution in [0.5, 0.6) is 0 Å². The molecule has 0 aliphatic rings. The summed E-state index contributed by atoms with van der Waals surface area (Å²) in [4.78, 5) is 4.62. The fraction of sp³-hybridized carbons (Fsp3) is 0. The molecule has 0 saturated heterocycles. The number of furan rings is 1. The highest BCUT2D eigenvalue weighted by Gasteiger charge is 2.33. The monoisotopic (exact) mass is 988 g/mol. The molecule has 0 bridgehead atoms. The van der Waals surface area contributed by atoms with Gasteiger partial charge in [-0.05, 0) is 64.7 Å². The van der Waals surface area contributed by atoms with Crippen LogP contribution in [-0.4, -0.2) is 9.13 Å². The van der Waals surface area contributed by atoms with Crippen molar-refractivity contribution in [3.63, 3.8) is 0 Å². The first-order valence-electron chi connectivity index (χ1n) is 24.9. The van der Waals surface area contributed by atoms with Gasteiger partial charge in [0.15, 0.2) is 0 Å². The van der Waals surface area contributed by atoms with Gasteiger partial charge >= 0.3 is 0 Å². The van der Waals surface area contributed by atoms with Crippen molar-refractivity contribution in [1.29, 1.82) is 5.26 Å². The van der Waals surface area contributed by atoms with Crippen LogP contribution >= 0.6 is 22.7 Å². The van der Waals surface area contributed by atoms with E-state index in [2.05, 4.69) is 190 Å². The number of benzene rings is 11. The van der Waals surface area contributed by atoms with Crippen molar-refractivity contribution in [3.05, 3.63) is 235 Å². The minimum atomic E-state index is 0.402. The van der Waals surface area contributed by atoms with Gasteiger partial charge < -0.3 is 13.6 Å². The van der Waals surface area contributed by atoms with Crippen molar-refractivity contribution in [3.8, 4) is 50.8 Å². The third-order valence-electron chi connectivity index (χ3n) is 15.4. The van der Waals surface area contributed by atoms with Gasteiger partial charge in [0.1, 0.15) is 17.2 Å². The van der Waals surface area contributed by atoms with Gasteiger partial charge in [0.2, 0.25) is 5.69 Å². The molecule has 75 heavy (non-hydrogen) atoms. The molecule has 0 aliphatic heterocycles. The lowest BCUT2D eigenvalue weighted by atomic mass is 9.88. The first-order chi connectivity index (χ1) is 37.2. The second-order valence-corrected chi connectivity index (χ2v) is 21.3. The maximum Gasteiger partial charge on any atom is 0.220 e. The summed E-state index contributed by atoms with van der Waals surface area (Å²) in [5.74, 6) is 0. The summed E-state index contributed by atoms with van der Waals surface area (Å²) < 4.78 is 15.8. The van der Waals surface area contributed by atoms with Crippen molar-refractivity contribution in [2.45, 2.75) is 0 Å². The molecule has 0 radical (unpaired) electrons. The Labute approximate surface area is 436 Å². The Hall–Kier alpha value is -9.76. The van der Waals surface area contributed by atoms with Crippen LogP contribution in [0.25, 0.3) is 155 Å². The number of aromatic nitrogens is 2. The van der Waals surface area contributed by atoms with Gasteiger partial charge in [0.05, 0.1) is 55.0 Å². The van der Waals surface area contributed by atoms with Crippen molar-refractivity contribution in [2.24, 2.45) is 0 Å². The highest BCUT2D eigenvalue weighted by molar-refractivity contribution is 7.27. The average Bonchev–Trinajstić information content (AvgIpc) is 4.40. The molecule has 5 aromatic heterocycles. The van der Waals surface area contributed by atoms with Gasteiger partial charge in [-0.1, -0.05) is 176 Å². The predicted molar refractivity (Wildman–Crippen MR) is 315 cm³/mol. The molecule has 0 saturated carbocycles. The summed E-state index contributed by atoms with van der Waals surface area (Å²) in [5.41, 5.74) is 13.2. The fourth-order valence-corrected chi connectivity index (χ4v) is 14.8. The molecule has 7 heteroatoms. The first kappa shape index (κ1) is 41.8. The minimum absolute atomic E-state index is 0.402. The van der Waals surface area contributed by atoms with Crippen LogP contribution in [-0.2, 0) is 0 Å². The number of nitrogens with zero attached hydrogens (tertiary/aromatic N) is 4. The Morgan fingerprint density at radius 3 is 1.63 bits per heavy atom. The smallest absolute Gasteiger partial charge is 0.220 e. The van der Waals surface area contributed by atoms with E-state index in [0.717, 1.165) is 119 Å². The maximum atomic E-state index is 12.2. The lowest BCUT2D eigenvalue weighted by Crippen LogP contribution is -2.09. The number of fused-ring (bicyclic) bond motifs is 17. The van der Waals surface area contributed by atoms with E-state index >= 15 is 0 Å². The van der Waals surface area contributed by atoms with E-state index in [-0.39, 0.29) is 0 Å². The SMILES string of the molecule is [C-]#[N+]c1c(-c2ccccc2)c(C#N)c(-n2c3c(ccc4c5ccccc5sc43)c3ccc4c5ccccc5sc4c32)c(-c2ccccc2)c1-n1c2ccccc2c2c(-c3ccc4oc5ccccc5c4c3)cccc21. The zero-order valence-electron chi connectivity index (χ0n) is 39.8. The first-order valence-corrected chi connectivity index (χ1v) is 26.6. The van der Waals surface area contributed by atoms with Crippen molar-refractivity contribution in [2.75, 3.05) is 0 Å². The summed E-state index contributed by atoms with van der Waals surface area (Å²) >= 11 is 3.59. The second-order valence-electron chi connectivity index (χ2n) is 19.2. The van der Waals surface area contributed by atoms with E-state index < -0.39 is 0 Å². The van der Waals surface area contributed by atoms with E-state index in [1.807, 2.05) is 48.5 Å². The molecule has 5 nitrogen and oxygen atoms in total. The Kier molecular flexibility index (Phi) is 8.85. The molecule has 0 N–H and O–H groups in total. The van der Waals surface area contributed by atoms with E-state index in [1.165, 1.54) is 20.2 Å². The lowest BCUT2D eigenvalue weighted by molar-refractivity contribution is 0.669. The van der Waals surface area contributed by atoms with Crippen LogP contribution in [0.4, 0.5) is 5.69 Å². The van der Waals surface area contributed by atoms with E-state index in [9.17, 15) is 11.8 Å². The molecule has 16 aromatic rings. The molecule has 346 valence electrons. The molecule has 0 spiro atoms. The molecule has 0 atom stereocenters. The quantitative estimate of drug-likeness (QED) is 0.161. The standard InChI is InChI=1S/C68H36N4OS2/c1-70-62-59(39-17-4-2-5-18-39)52(38-69)63(72-64-46(32-34-48-44-22-10-14-29-57(44)74-67(48)64)47-33-35-49-45-23-11-15-30-58(45)75-68(49)65(47)72)60(40-19-6-3-7-20-40)66(62)71-53-26-12-8-24-50(53)61-42(25-16-27-54(61)71)41-31-36-56-51(37-41)43-21-9-13-28-55(43)73-56/h2-37H. The highest BCUT2D eigenvalue weighted by atomic mass is 32.1. The Morgan fingerprint density at radius 2 is 0.973 bits per heavy atom. The lowest BCUT2D eigenvalue weighted by Gasteiger charge is -2.26. The van der Waals surface area contributed by atoms with Crippen LogP contribution < -0.4 is 0 Å². The number of hydrogen-bond donors (Lipinski definition) is 0. The highest BCUT2D eigenvalue weighted by Crippen LogP contribution is 2.55. The molecule has 0 aliphatic carbocycles. The number of thiophene rings is 2. The van der Waals surface area contributed by atoms with Gasteiger partial charge in [0, 0.05) is 74.4 Å². The Bertz CT molecular complexity index is 5080. The average molecular weight is 989 g/mol. The summed E-state index contributed by atoms with van der Waals surface area (Å²) in [6.45, 7) is 9.47. The van der Waals surface area contributed by atoms with Crippen LogP contribution in [0.2, 0.25) is 0 Å². The van der Waals surface area contributed by atoms with Gasteiger partial charge in [-0.3, -0.25) is 0 Å². The van der Waals surface area contributed by atoms with Gasteiger partial charge in [-0.15, -0.1) is 22.7 Å². The van der Waals surface area contributed by atoms with E-state index in [1.54, 1.807) is 22.7 Å². The fourth-order valence-electron chi connectivity index (χ4n) is 12.3. The predicted octanol–water partition coefficient (Wildman–Crippen LogP) is 19.9. The minimum Gasteiger partial charge on any atom is -0.456 e. The van der Waals surface area contributed by atoms with Crippen LogP contribution in [0, 0.1) is 17.9 Å². The van der Waals surface area contributed by atoms with Gasteiger partial charge in [-0.25, -0.2) is 4.85 Å². The molecule has 0 amide bonds. The van der Waals surface area contributed by atoms with Gasteiger partial charge in [0.25, 0.3) is 0 Å². The van der Waals surface area contributed by atoms with Crippen molar-refractivity contribution in [1.82, 2.24) is 9.13 Å². The van der Waals surface area contributed by atoms with Crippen LogP contribution in [0.3, 0.4) is 0 Å². The maximum absolute atomic E-state index is 12.2. The van der Waals surface area contributed by atoms with Crippen molar-refractivity contribution < 1.29 is 4.42 Å². The number of para-hydroxylation sites is 2. The molecular weight excluding hydrogens is 953 g/mol. The third kappa shape index (κ3) is 5.79. The normalized spacial score (nSPS) is 12.0. The molecule has 5 heterocycles. The topological polar surface area (TPSA) is 51.1 Å².